The number of aromatic hydroxyl groups is 1. The minimum absolute atomic E-state index is 0.0621. The van der Waals surface area contributed by atoms with Gasteiger partial charge >= 0.3 is 0 Å². The summed E-state index contributed by atoms with van der Waals surface area (Å²) in [5.74, 6) is -0.156. The highest BCUT2D eigenvalue weighted by Crippen LogP contribution is 2.18. The number of hydrogen-bond donors (Lipinski definition) is 2. The molecule has 0 atom stereocenters. The van der Waals surface area contributed by atoms with E-state index in [0.29, 0.717) is 5.69 Å². The molecule has 0 aliphatic rings. The summed E-state index contributed by atoms with van der Waals surface area (Å²) in [7, 11) is 0. The highest BCUT2D eigenvalue weighted by atomic mass is 16.3. The molecule has 107 valence electrons. The van der Waals surface area contributed by atoms with Gasteiger partial charge < -0.3 is 15.3 Å². The Hall–Kier alpha value is -2.82. The third-order valence-electron chi connectivity index (χ3n) is 2.90. The van der Waals surface area contributed by atoms with Gasteiger partial charge in [0, 0.05) is 11.4 Å². The normalized spacial score (nSPS) is 9.90. The Balaban J connectivity index is 2.05. The van der Waals surface area contributed by atoms with Crippen molar-refractivity contribution in [1.82, 2.24) is 0 Å². The van der Waals surface area contributed by atoms with E-state index in [-0.39, 0.29) is 24.7 Å². The summed E-state index contributed by atoms with van der Waals surface area (Å²) in [4.78, 5) is 24.2. The Kier molecular flexibility index (Phi) is 4.93. The van der Waals surface area contributed by atoms with E-state index in [9.17, 15) is 14.7 Å². The molecule has 5 heteroatoms. The number of carbonyl (C=O) groups excluding carboxylic acids is 2. The molecule has 0 aliphatic carbocycles. The molecule has 0 aromatic heterocycles. The van der Waals surface area contributed by atoms with Crippen LogP contribution in [0.15, 0.2) is 54.6 Å². The van der Waals surface area contributed by atoms with Crippen LogP contribution in [0.3, 0.4) is 0 Å². The first kappa shape index (κ1) is 14.6. The summed E-state index contributed by atoms with van der Waals surface area (Å²) in [5, 5.41) is 12.3. The van der Waals surface area contributed by atoms with Crippen LogP contribution in [0.4, 0.5) is 11.4 Å². The molecule has 2 aromatic carbocycles. The molecule has 5 nitrogen and oxygen atoms in total. The lowest BCUT2D eigenvalue weighted by Crippen LogP contribution is -2.36. The van der Waals surface area contributed by atoms with Gasteiger partial charge in [0.15, 0.2) is 0 Å². The van der Waals surface area contributed by atoms with Gasteiger partial charge in [-0.3, -0.25) is 9.59 Å². The minimum Gasteiger partial charge on any atom is -0.508 e. The van der Waals surface area contributed by atoms with Crippen molar-refractivity contribution in [3.8, 4) is 5.75 Å². The van der Waals surface area contributed by atoms with Crippen molar-refractivity contribution >= 4 is 23.6 Å². The molecular formula is C16H15N2O3. The fourth-order valence-electron chi connectivity index (χ4n) is 1.85. The molecular weight excluding hydrogens is 268 g/mol. The third-order valence-corrected chi connectivity index (χ3v) is 2.90. The second kappa shape index (κ2) is 7.09. The molecule has 2 rings (SSSR count). The highest BCUT2D eigenvalue weighted by Gasteiger charge is 2.15. The van der Waals surface area contributed by atoms with E-state index in [1.54, 1.807) is 18.4 Å². The van der Waals surface area contributed by atoms with Crippen molar-refractivity contribution < 1.29 is 14.7 Å². The number of nitrogens with zero attached hydrogens (tertiary/aromatic N) is 1. The second-order valence-corrected chi connectivity index (χ2v) is 4.36. The number of phenolic OH excluding ortho intramolecular Hbond substituents is 1. The van der Waals surface area contributed by atoms with Crippen LogP contribution in [0, 0.1) is 0 Å². The van der Waals surface area contributed by atoms with Crippen LogP contribution in [0.5, 0.6) is 5.75 Å². The molecule has 0 bridgehead atoms. The van der Waals surface area contributed by atoms with Gasteiger partial charge in [-0.15, -0.1) is 0 Å². The molecule has 0 saturated heterocycles. The summed E-state index contributed by atoms with van der Waals surface area (Å²) in [6.45, 7) is -0.0906. The SMILES string of the molecule is O=[C]CN(C(=O)CNc1ccccc1)c1ccc(O)cc1. The van der Waals surface area contributed by atoms with Crippen molar-refractivity contribution in [2.24, 2.45) is 0 Å². The first-order chi connectivity index (χ1) is 10.2. The summed E-state index contributed by atoms with van der Waals surface area (Å²) in [6, 6.07) is 15.4. The van der Waals surface area contributed by atoms with Gasteiger partial charge in [0.1, 0.15) is 5.75 Å². The Morgan fingerprint density at radius 1 is 1.10 bits per heavy atom. The molecule has 1 radical (unpaired) electrons. The van der Waals surface area contributed by atoms with Gasteiger partial charge in [0.25, 0.3) is 0 Å². The zero-order valence-corrected chi connectivity index (χ0v) is 11.3. The fraction of sp³-hybridized carbons (Fsp3) is 0.125. The van der Waals surface area contributed by atoms with Crippen LogP contribution < -0.4 is 10.2 Å². The van der Waals surface area contributed by atoms with Crippen molar-refractivity contribution in [3.05, 3.63) is 54.6 Å². The van der Waals surface area contributed by atoms with Crippen molar-refractivity contribution in [3.63, 3.8) is 0 Å². The van der Waals surface area contributed by atoms with E-state index in [2.05, 4.69) is 5.32 Å². The van der Waals surface area contributed by atoms with Crippen molar-refractivity contribution in [1.29, 1.82) is 0 Å². The molecule has 0 heterocycles. The molecule has 21 heavy (non-hydrogen) atoms. The van der Waals surface area contributed by atoms with Crippen LogP contribution in [-0.4, -0.2) is 30.4 Å². The number of phenols is 1. The molecule has 0 unspecified atom stereocenters. The van der Waals surface area contributed by atoms with Gasteiger partial charge in [0.2, 0.25) is 12.2 Å². The van der Waals surface area contributed by atoms with Crippen molar-refractivity contribution in [2.45, 2.75) is 0 Å². The number of carbonyl (C=O) groups is 1. The zero-order chi connectivity index (χ0) is 15.1. The maximum absolute atomic E-state index is 12.2. The van der Waals surface area contributed by atoms with E-state index in [4.69, 9.17) is 0 Å². The largest absolute Gasteiger partial charge is 0.508 e. The topological polar surface area (TPSA) is 69.6 Å². The molecule has 2 N–H and O–H groups in total. The molecule has 0 saturated carbocycles. The van der Waals surface area contributed by atoms with Crippen LogP contribution in [-0.2, 0) is 9.59 Å². The van der Waals surface area contributed by atoms with Gasteiger partial charge in [-0.25, -0.2) is 0 Å². The third kappa shape index (κ3) is 4.07. The van der Waals surface area contributed by atoms with Gasteiger partial charge in [-0.05, 0) is 36.4 Å². The quantitative estimate of drug-likeness (QED) is 0.850. The van der Waals surface area contributed by atoms with Gasteiger partial charge in [0.05, 0.1) is 13.1 Å². The Morgan fingerprint density at radius 2 is 1.76 bits per heavy atom. The molecule has 2 aromatic rings. The predicted molar refractivity (Wildman–Crippen MR) is 81.1 cm³/mol. The maximum Gasteiger partial charge on any atom is 0.246 e. The maximum atomic E-state index is 12.2. The Bertz CT molecular complexity index is 597. The first-order valence-electron chi connectivity index (χ1n) is 6.44. The number of hydrogen-bond acceptors (Lipinski definition) is 4. The smallest absolute Gasteiger partial charge is 0.246 e. The lowest BCUT2D eigenvalue weighted by atomic mass is 10.2. The zero-order valence-electron chi connectivity index (χ0n) is 11.3. The average molecular weight is 283 g/mol. The summed E-state index contributed by atoms with van der Waals surface area (Å²) in [6.07, 6.45) is 1.72. The molecule has 0 spiro atoms. The predicted octanol–water partition coefficient (Wildman–Crippen LogP) is 1.95. The highest BCUT2D eigenvalue weighted by molar-refractivity contribution is 5.98. The van der Waals surface area contributed by atoms with Gasteiger partial charge in [-0.2, -0.15) is 0 Å². The van der Waals surface area contributed by atoms with Crippen LogP contribution >= 0.6 is 0 Å². The molecule has 1 amide bonds. The van der Waals surface area contributed by atoms with E-state index < -0.39 is 0 Å². The lowest BCUT2D eigenvalue weighted by molar-refractivity contribution is -0.116. The van der Waals surface area contributed by atoms with E-state index >= 15 is 0 Å². The van der Waals surface area contributed by atoms with Crippen LogP contribution in [0.1, 0.15) is 0 Å². The Morgan fingerprint density at radius 3 is 2.38 bits per heavy atom. The van der Waals surface area contributed by atoms with Crippen LogP contribution in [0.2, 0.25) is 0 Å². The summed E-state index contributed by atoms with van der Waals surface area (Å²) < 4.78 is 0. The standard InChI is InChI=1S/C16H15N2O3/c19-11-10-18(14-6-8-15(20)9-7-14)16(21)12-17-13-4-2-1-3-5-13/h1-9,17,20H,10,12H2. The van der Waals surface area contributed by atoms with E-state index in [0.717, 1.165) is 5.69 Å². The average Bonchev–Trinajstić information content (AvgIpc) is 2.52. The lowest BCUT2D eigenvalue weighted by Gasteiger charge is -2.20. The van der Waals surface area contributed by atoms with E-state index in [1.807, 2.05) is 30.3 Å². The summed E-state index contributed by atoms with van der Waals surface area (Å²) in [5.41, 5.74) is 1.36. The minimum atomic E-state index is -0.257. The van der Waals surface area contributed by atoms with E-state index in [1.165, 1.54) is 17.0 Å². The Labute approximate surface area is 122 Å². The summed E-state index contributed by atoms with van der Waals surface area (Å²) >= 11 is 0. The number of amides is 1. The monoisotopic (exact) mass is 283 g/mol. The number of nitrogens with one attached hydrogen (secondary N) is 1. The number of rotatable bonds is 6. The van der Waals surface area contributed by atoms with Crippen molar-refractivity contribution in [2.75, 3.05) is 23.3 Å². The number of para-hydroxylation sites is 1. The number of anilines is 2. The fourth-order valence-corrected chi connectivity index (χ4v) is 1.85. The second-order valence-electron chi connectivity index (χ2n) is 4.36. The number of benzene rings is 2. The van der Waals surface area contributed by atoms with Crippen LogP contribution in [0.25, 0.3) is 0 Å². The first-order valence-corrected chi connectivity index (χ1v) is 6.44. The van der Waals surface area contributed by atoms with Gasteiger partial charge in [-0.1, -0.05) is 18.2 Å². The molecule has 0 aliphatic heterocycles. The molecule has 0 fully saturated rings.